The minimum absolute atomic E-state index is 0.220. The fraction of sp³-hybridized carbons (Fsp3) is 0.182. The predicted octanol–water partition coefficient (Wildman–Crippen LogP) is 3.62. The second kappa shape index (κ2) is 5.17. The number of thiophene rings is 1. The SMILES string of the molecule is COC(=O)c1c(C)[nH]c(-c2ccc(Cl)s2)nc1=S. The Bertz CT molecular complexity index is 663. The van der Waals surface area contributed by atoms with Crippen LogP contribution in [0.5, 0.6) is 0 Å². The van der Waals surface area contributed by atoms with Crippen LogP contribution in [0.1, 0.15) is 16.1 Å². The van der Waals surface area contributed by atoms with Gasteiger partial charge in [0, 0.05) is 5.69 Å². The van der Waals surface area contributed by atoms with E-state index in [9.17, 15) is 4.79 Å². The van der Waals surface area contributed by atoms with Gasteiger partial charge in [0.1, 0.15) is 16.0 Å². The zero-order valence-electron chi connectivity index (χ0n) is 9.61. The molecule has 1 N–H and O–H groups in total. The van der Waals surface area contributed by atoms with Gasteiger partial charge in [-0.2, -0.15) is 0 Å². The molecule has 2 aromatic heterocycles. The van der Waals surface area contributed by atoms with Gasteiger partial charge < -0.3 is 9.72 Å². The molecule has 0 aliphatic carbocycles. The molecule has 0 saturated carbocycles. The minimum atomic E-state index is -0.489. The highest BCUT2D eigenvalue weighted by Crippen LogP contribution is 2.29. The summed E-state index contributed by atoms with van der Waals surface area (Å²) in [6.45, 7) is 1.75. The van der Waals surface area contributed by atoms with Crippen LogP contribution >= 0.6 is 35.2 Å². The Hall–Kier alpha value is -1.24. The third-order valence-corrected chi connectivity index (χ3v) is 3.84. The van der Waals surface area contributed by atoms with Crippen LogP contribution < -0.4 is 0 Å². The highest BCUT2D eigenvalue weighted by atomic mass is 35.5. The minimum Gasteiger partial charge on any atom is -0.465 e. The standard InChI is InChI=1S/C11H9ClN2O2S2/c1-5-8(11(15)16-2)10(17)14-9(13-5)6-3-4-7(12)18-6/h3-4H,1-2H3,(H,13,14,17). The molecule has 0 aliphatic rings. The van der Waals surface area contributed by atoms with Crippen LogP contribution in [-0.2, 0) is 4.74 Å². The summed E-state index contributed by atoms with van der Waals surface area (Å²) in [5.41, 5.74) is 0.917. The molecule has 7 heteroatoms. The summed E-state index contributed by atoms with van der Waals surface area (Å²) in [6.07, 6.45) is 0. The van der Waals surface area contributed by atoms with Gasteiger partial charge in [0.05, 0.1) is 16.3 Å². The number of nitrogens with zero attached hydrogens (tertiary/aromatic N) is 1. The van der Waals surface area contributed by atoms with Crippen LogP contribution in [0.4, 0.5) is 0 Å². The van der Waals surface area contributed by atoms with Gasteiger partial charge in [-0.15, -0.1) is 11.3 Å². The molecule has 0 amide bonds. The fourth-order valence-electron chi connectivity index (χ4n) is 1.49. The van der Waals surface area contributed by atoms with Crippen LogP contribution in [0.25, 0.3) is 10.7 Å². The summed E-state index contributed by atoms with van der Waals surface area (Å²) < 4.78 is 5.55. The van der Waals surface area contributed by atoms with Gasteiger partial charge in [-0.25, -0.2) is 9.78 Å². The van der Waals surface area contributed by atoms with Gasteiger partial charge in [-0.1, -0.05) is 23.8 Å². The largest absolute Gasteiger partial charge is 0.465 e. The molecular formula is C11H9ClN2O2S2. The third-order valence-electron chi connectivity index (χ3n) is 2.30. The summed E-state index contributed by atoms with van der Waals surface area (Å²) in [5.74, 6) is 0.110. The molecule has 0 atom stereocenters. The van der Waals surface area contributed by atoms with Crippen molar-refractivity contribution in [3.63, 3.8) is 0 Å². The maximum atomic E-state index is 11.5. The lowest BCUT2D eigenvalue weighted by Crippen LogP contribution is -2.08. The molecule has 0 bridgehead atoms. The molecule has 0 saturated heterocycles. The number of methoxy groups -OCH3 is 1. The van der Waals surface area contributed by atoms with Crippen molar-refractivity contribution < 1.29 is 9.53 Å². The molecule has 0 unspecified atom stereocenters. The Morgan fingerprint density at radius 2 is 2.28 bits per heavy atom. The lowest BCUT2D eigenvalue weighted by molar-refractivity contribution is 0.0598. The summed E-state index contributed by atoms with van der Waals surface area (Å²) in [6, 6.07) is 3.63. The van der Waals surface area contributed by atoms with Gasteiger partial charge in [-0.05, 0) is 19.1 Å². The van der Waals surface area contributed by atoms with Crippen molar-refractivity contribution in [2.75, 3.05) is 7.11 Å². The van der Waals surface area contributed by atoms with Crippen LogP contribution in [0, 0.1) is 11.6 Å². The normalized spacial score (nSPS) is 10.4. The number of carbonyl (C=O) groups excluding carboxylic acids is 1. The maximum Gasteiger partial charge on any atom is 0.342 e. The van der Waals surface area contributed by atoms with Crippen LogP contribution in [0.2, 0.25) is 4.34 Å². The topological polar surface area (TPSA) is 55.0 Å². The van der Waals surface area contributed by atoms with Gasteiger partial charge >= 0.3 is 5.97 Å². The Morgan fingerprint density at radius 3 is 2.78 bits per heavy atom. The number of hydrogen-bond donors (Lipinski definition) is 1. The zero-order chi connectivity index (χ0) is 13.3. The van der Waals surface area contributed by atoms with E-state index in [1.807, 2.05) is 6.07 Å². The van der Waals surface area contributed by atoms with Crippen molar-refractivity contribution in [1.82, 2.24) is 9.97 Å². The summed E-state index contributed by atoms with van der Waals surface area (Å²) >= 11 is 12.4. The lowest BCUT2D eigenvalue weighted by atomic mass is 10.2. The van der Waals surface area contributed by atoms with Crippen LogP contribution in [-0.4, -0.2) is 23.0 Å². The van der Waals surface area contributed by atoms with Crippen molar-refractivity contribution >= 4 is 41.1 Å². The first-order chi connectivity index (χ1) is 8.52. The zero-order valence-corrected chi connectivity index (χ0v) is 12.0. The quantitative estimate of drug-likeness (QED) is 0.680. The average molecular weight is 301 g/mol. The van der Waals surface area contributed by atoms with Crippen LogP contribution in [0.15, 0.2) is 12.1 Å². The number of H-pyrrole nitrogens is 1. The van der Waals surface area contributed by atoms with E-state index in [1.165, 1.54) is 18.4 Å². The van der Waals surface area contributed by atoms with Gasteiger partial charge in [0.2, 0.25) is 0 Å². The van der Waals surface area contributed by atoms with E-state index in [4.69, 9.17) is 23.8 Å². The van der Waals surface area contributed by atoms with E-state index < -0.39 is 5.97 Å². The van der Waals surface area contributed by atoms with Gasteiger partial charge in [0.25, 0.3) is 0 Å². The average Bonchev–Trinajstić information content (AvgIpc) is 2.74. The van der Waals surface area contributed by atoms with E-state index in [-0.39, 0.29) is 4.64 Å². The first kappa shape index (κ1) is 13.2. The highest BCUT2D eigenvalue weighted by molar-refractivity contribution is 7.71. The van der Waals surface area contributed by atoms with Crippen molar-refractivity contribution in [3.8, 4) is 10.7 Å². The fourth-order valence-corrected chi connectivity index (χ4v) is 2.80. The van der Waals surface area contributed by atoms with Gasteiger partial charge in [-0.3, -0.25) is 0 Å². The highest BCUT2D eigenvalue weighted by Gasteiger charge is 2.15. The lowest BCUT2D eigenvalue weighted by Gasteiger charge is -2.06. The van der Waals surface area contributed by atoms with Gasteiger partial charge in [0.15, 0.2) is 0 Å². The second-order valence-corrected chi connectivity index (χ2v) is 5.59. The Kier molecular flexibility index (Phi) is 3.79. The van der Waals surface area contributed by atoms with E-state index in [2.05, 4.69) is 14.7 Å². The predicted molar refractivity (Wildman–Crippen MR) is 73.8 cm³/mol. The van der Waals surface area contributed by atoms with Crippen molar-refractivity contribution in [2.45, 2.75) is 6.92 Å². The molecule has 0 spiro atoms. The van der Waals surface area contributed by atoms with E-state index in [0.717, 1.165) is 4.88 Å². The Morgan fingerprint density at radius 1 is 1.56 bits per heavy atom. The molecule has 0 radical (unpaired) electrons. The number of esters is 1. The first-order valence-electron chi connectivity index (χ1n) is 4.98. The molecule has 0 aliphatic heterocycles. The maximum absolute atomic E-state index is 11.5. The summed E-state index contributed by atoms with van der Waals surface area (Å²) in [7, 11) is 1.31. The molecule has 0 aromatic carbocycles. The molecule has 2 heterocycles. The van der Waals surface area contributed by atoms with Crippen molar-refractivity contribution in [1.29, 1.82) is 0 Å². The number of ether oxygens (including phenoxy) is 1. The summed E-state index contributed by atoms with van der Waals surface area (Å²) in [4.78, 5) is 19.6. The van der Waals surface area contributed by atoms with E-state index >= 15 is 0 Å². The van der Waals surface area contributed by atoms with Crippen LogP contribution in [0.3, 0.4) is 0 Å². The number of aromatic nitrogens is 2. The smallest absolute Gasteiger partial charge is 0.342 e. The number of rotatable bonds is 2. The summed E-state index contributed by atoms with van der Waals surface area (Å²) in [5, 5.41) is 0. The number of aryl methyl sites for hydroxylation is 1. The molecule has 2 rings (SSSR count). The molecule has 94 valence electrons. The number of halogens is 1. The molecule has 0 fully saturated rings. The second-order valence-electron chi connectivity index (χ2n) is 3.49. The number of hydrogen-bond acceptors (Lipinski definition) is 5. The van der Waals surface area contributed by atoms with Crippen molar-refractivity contribution in [3.05, 3.63) is 32.4 Å². The van der Waals surface area contributed by atoms with Crippen molar-refractivity contribution in [2.24, 2.45) is 0 Å². The monoisotopic (exact) mass is 300 g/mol. The molecular weight excluding hydrogens is 292 g/mol. The number of nitrogens with one attached hydrogen (secondary N) is 1. The third kappa shape index (κ3) is 2.45. The molecule has 2 aromatic rings. The molecule has 18 heavy (non-hydrogen) atoms. The number of aromatic amines is 1. The molecule has 4 nitrogen and oxygen atoms in total. The Balaban J connectivity index is 2.56. The van der Waals surface area contributed by atoms with E-state index in [0.29, 0.717) is 21.4 Å². The number of carbonyl (C=O) groups is 1. The first-order valence-corrected chi connectivity index (χ1v) is 6.58. The Labute approximate surface area is 118 Å². The van der Waals surface area contributed by atoms with E-state index in [1.54, 1.807) is 13.0 Å².